The third-order valence-corrected chi connectivity index (χ3v) is 7.84. The summed E-state index contributed by atoms with van der Waals surface area (Å²) in [6, 6.07) is 35.4. The Morgan fingerprint density at radius 3 is 2.30 bits per heavy atom. The Labute approximate surface area is 260 Å². The van der Waals surface area contributed by atoms with Gasteiger partial charge < -0.3 is 25.4 Å². The molecule has 4 aromatic carbocycles. The molecule has 0 saturated heterocycles. The normalized spacial score (nSPS) is 14.2. The van der Waals surface area contributed by atoms with Crippen molar-refractivity contribution in [1.29, 1.82) is 5.26 Å². The highest BCUT2D eigenvalue weighted by Gasteiger charge is 2.35. The lowest BCUT2D eigenvalue weighted by Crippen LogP contribution is -2.31. The lowest BCUT2D eigenvalue weighted by atomic mass is 9.82. The molecule has 220 valence electrons. The van der Waals surface area contributed by atoms with E-state index in [9.17, 15) is 14.9 Å². The number of hydrogen-bond acceptors (Lipinski definition) is 7. The van der Waals surface area contributed by atoms with Gasteiger partial charge in [-0.05, 0) is 48.9 Å². The lowest BCUT2D eigenvalue weighted by molar-refractivity contribution is -0.114. The first-order chi connectivity index (χ1) is 21.5. The van der Waals surface area contributed by atoms with Crippen LogP contribution in [-0.4, -0.2) is 24.7 Å². The van der Waals surface area contributed by atoms with Crippen molar-refractivity contribution in [3.05, 3.63) is 137 Å². The number of hydrogen-bond donors (Lipinski definition) is 3. The van der Waals surface area contributed by atoms with Crippen LogP contribution >= 0.6 is 11.8 Å². The van der Waals surface area contributed by atoms with Crippen molar-refractivity contribution in [2.24, 2.45) is 0 Å². The molecule has 0 fully saturated rings. The maximum atomic E-state index is 13.7. The number of nitrogens with zero attached hydrogens (tertiary/aromatic N) is 1. The lowest BCUT2D eigenvalue weighted by Gasteiger charge is -2.30. The summed E-state index contributed by atoms with van der Waals surface area (Å²) >= 11 is 1.21. The number of nitrogens with one attached hydrogen (secondary N) is 3. The molecule has 0 saturated carbocycles. The van der Waals surface area contributed by atoms with Gasteiger partial charge in [-0.1, -0.05) is 78.5 Å². The van der Waals surface area contributed by atoms with Gasteiger partial charge in [-0.25, -0.2) is 0 Å². The van der Waals surface area contributed by atoms with Crippen LogP contribution in [0.15, 0.2) is 131 Å². The second-order valence-electron chi connectivity index (χ2n) is 9.80. The number of thioether (sulfide) groups is 1. The minimum absolute atomic E-state index is 0.0365. The maximum absolute atomic E-state index is 13.7. The number of nitriles is 1. The molecule has 1 aliphatic heterocycles. The van der Waals surface area contributed by atoms with Gasteiger partial charge in [0, 0.05) is 23.0 Å². The van der Waals surface area contributed by atoms with Gasteiger partial charge in [0.15, 0.2) is 0 Å². The molecule has 0 bridgehead atoms. The van der Waals surface area contributed by atoms with E-state index in [0.29, 0.717) is 50.5 Å². The number of allylic oxidation sites excluding steroid dienone is 2. The number of dihydropyridines is 1. The van der Waals surface area contributed by atoms with E-state index in [1.165, 1.54) is 18.9 Å². The van der Waals surface area contributed by atoms with Gasteiger partial charge in [0.1, 0.15) is 17.2 Å². The largest absolute Gasteiger partial charge is 0.495 e. The fraction of sp³-hybridized carbons (Fsp3) is 0.114. The van der Waals surface area contributed by atoms with E-state index in [0.717, 1.165) is 5.56 Å². The van der Waals surface area contributed by atoms with Crippen molar-refractivity contribution in [2.75, 3.05) is 23.5 Å². The van der Waals surface area contributed by atoms with E-state index in [2.05, 4.69) is 22.0 Å². The topological polar surface area (TPSA) is 112 Å². The Morgan fingerprint density at radius 1 is 0.886 bits per heavy atom. The van der Waals surface area contributed by atoms with Gasteiger partial charge in [-0.2, -0.15) is 5.26 Å². The molecule has 4 aromatic rings. The summed E-state index contributed by atoms with van der Waals surface area (Å²) in [6.07, 6.45) is 0. The molecule has 0 aliphatic carbocycles. The van der Waals surface area contributed by atoms with Gasteiger partial charge in [-0.3, -0.25) is 9.59 Å². The van der Waals surface area contributed by atoms with Gasteiger partial charge in [0.05, 0.1) is 41.1 Å². The minimum atomic E-state index is -0.644. The molecule has 3 N–H and O–H groups in total. The van der Waals surface area contributed by atoms with Gasteiger partial charge >= 0.3 is 0 Å². The minimum Gasteiger partial charge on any atom is -0.495 e. The molecule has 9 heteroatoms. The summed E-state index contributed by atoms with van der Waals surface area (Å²) in [6.45, 7) is 1.79. The maximum Gasteiger partial charge on any atom is 0.254 e. The zero-order chi connectivity index (χ0) is 30.9. The van der Waals surface area contributed by atoms with Crippen LogP contribution < -0.4 is 25.4 Å². The molecular weight excluding hydrogens is 572 g/mol. The summed E-state index contributed by atoms with van der Waals surface area (Å²) in [5, 5.41) is 19.9. The predicted molar refractivity (Wildman–Crippen MR) is 173 cm³/mol. The number of carbonyl (C=O) groups excluding carboxylic acids is 2. The van der Waals surface area contributed by atoms with Crippen molar-refractivity contribution in [1.82, 2.24) is 5.32 Å². The average molecular weight is 603 g/mol. The average Bonchev–Trinajstić information content (AvgIpc) is 3.04. The van der Waals surface area contributed by atoms with Crippen LogP contribution in [0.5, 0.6) is 17.2 Å². The Morgan fingerprint density at radius 2 is 1.57 bits per heavy atom. The number of anilines is 2. The van der Waals surface area contributed by atoms with E-state index in [1.807, 2.05) is 72.8 Å². The number of ether oxygens (including phenoxy) is 2. The Bertz CT molecular complexity index is 1760. The monoisotopic (exact) mass is 602 g/mol. The van der Waals surface area contributed by atoms with Gasteiger partial charge in [-0.15, -0.1) is 0 Å². The predicted octanol–water partition coefficient (Wildman–Crippen LogP) is 7.19. The zero-order valence-electron chi connectivity index (χ0n) is 24.2. The summed E-state index contributed by atoms with van der Waals surface area (Å²) < 4.78 is 11.3. The van der Waals surface area contributed by atoms with Crippen LogP contribution in [0.4, 0.5) is 11.4 Å². The van der Waals surface area contributed by atoms with Crippen molar-refractivity contribution < 1.29 is 19.1 Å². The van der Waals surface area contributed by atoms with Gasteiger partial charge in [0.25, 0.3) is 5.91 Å². The first-order valence-corrected chi connectivity index (χ1v) is 14.8. The standard InChI is InChI=1S/C35H30N4O4S/c1-23-32(34(41)39-29-18-9-10-19-30(29)42-2)33(24-12-5-3-6-13-24)28(21-36)35(37-23)44-22-31(40)38-25-14-11-17-27(20-25)43-26-15-7-4-8-16-26/h3-20,33,37H,22H2,1-2H3,(H,38,40)(H,39,41)/t33-/m0/s1. The summed E-state index contributed by atoms with van der Waals surface area (Å²) in [5.41, 5.74) is 3.23. The molecule has 0 radical (unpaired) electrons. The van der Waals surface area contributed by atoms with E-state index in [-0.39, 0.29) is 17.6 Å². The molecule has 0 aromatic heterocycles. The SMILES string of the molecule is COc1ccccc1NC(=O)C1=C(C)NC(SCC(=O)Nc2cccc(Oc3ccccc3)c2)=C(C#N)[C@@H]1c1ccccc1. The van der Waals surface area contributed by atoms with Crippen LogP contribution in [0.3, 0.4) is 0 Å². The molecule has 0 spiro atoms. The van der Waals surface area contributed by atoms with Crippen LogP contribution in [0.25, 0.3) is 0 Å². The van der Waals surface area contributed by atoms with Crippen LogP contribution in [0, 0.1) is 11.3 Å². The summed E-state index contributed by atoms with van der Waals surface area (Å²) in [5.74, 6) is 0.587. The van der Waals surface area contributed by atoms with Crippen LogP contribution in [0.1, 0.15) is 18.4 Å². The molecule has 1 heterocycles. The van der Waals surface area contributed by atoms with E-state index >= 15 is 0 Å². The third-order valence-electron chi connectivity index (χ3n) is 6.82. The number of para-hydroxylation sites is 3. The fourth-order valence-corrected chi connectivity index (χ4v) is 5.73. The first-order valence-electron chi connectivity index (χ1n) is 13.8. The molecule has 1 atom stereocenters. The highest BCUT2D eigenvalue weighted by atomic mass is 32.2. The van der Waals surface area contributed by atoms with E-state index in [4.69, 9.17) is 9.47 Å². The molecule has 0 unspecified atom stereocenters. The Kier molecular flexibility index (Phi) is 9.64. The highest BCUT2D eigenvalue weighted by Crippen LogP contribution is 2.41. The number of carbonyl (C=O) groups is 2. The second kappa shape index (κ2) is 14.1. The molecule has 5 rings (SSSR count). The van der Waals surface area contributed by atoms with Crippen molar-refractivity contribution >= 4 is 35.0 Å². The summed E-state index contributed by atoms with van der Waals surface area (Å²) in [4.78, 5) is 26.7. The van der Waals surface area contributed by atoms with Crippen LogP contribution in [-0.2, 0) is 9.59 Å². The quantitative estimate of drug-likeness (QED) is 0.176. The molecular formula is C35H30N4O4S. The number of benzene rings is 4. The molecule has 2 amide bonds. The number of amides is 2. The van der Waals surface area contributed by atoms with E-state index < -0.39 is 5.92 Å². The smallest absolute Gasteiger partial charge is 0.254 e. The number of methoxy groups -OCH3 is 1. The second-order valence-corrected chi connectivity index (χ2v) is 10.8. The highest BCUT2D eigenvalue weighted by molar-refractivity contribution is 8.03. The van der Waals surface area contributed by atoms with Crippen molar-refractivity contribution in [3.8, 4) is 23.3 Å². The third kappa shape index (κ3) is 7.12. The summed E-state index contributed by atoms with van der Waals surface area (Å²) in [7, 11) is 1.54. The number of rotatable bonds is 10. The van der Waals surface area contributed by atoms with Crippen molar-refractivity contribution in [3.63, 3.8) is 0 Å². The van der Waals surface area contributed by atoms with Gasteiger partial charge in [0.2, 0.25) is 5.91 Å². The van der Waals surface area contributed by atoms with E-state index in [1.54, 1.807) is 43.3 Å². The zero-order valence-corrected chi connectivity index (χ0v) is 25.0. The first kappa shape index (κ1) is 30.0. The fourth-order valence-electron chi connectivity index (χ4n) is 4.84. The Balaban J connectivity index is 1.34. The molecule has 44 heavy (non-hydrogen) atoms. The molecule has 1 aliphatic rings. The van der Waals surface area contributed by atoms with Crippen molar-refractivity contribution in [2.45, 2.75) is 12.8 Å². The molecule has 8 nitrogen and oxygen atoms in total. The Hall–Kier alpha value is -5.46. The van der Waals surface area contributed by atoms with Crippen LogP contribution in [0.2, 0.25) is 0 Å².